The van der Waals surface area contributed by atoms with Crippen molar-refractivity contribution in [3.05, 3.63) is 88.3 Å². The van der Waals surface area contributed by atoms with Crippen LogP contribution in [0.1, 0.15) is 37.0 Å². The van der Waals surface area contributed by atoms with Crippen molar-refractivity contribution in [3.8, 4) is 0 Å². The number of benzene rings is 1. The maximum absolute atomic E-state index is 13.9. The molecule has 1 aliphatic carbocycles. The monoisotopic (exact) mass is 348 g/mol. The molecule has 0 aliphatic heterocycles. The third-order valence-electron chi connectivity index (χ3n) is 4.32. The second-order valence-electron chi connectivity index (χ2n) is 6.24. The Hall–Kier alpha value is -2.36. The molecule has 0 saturated heterocycles. The lowest BCUT2D eigenvalue weighted by atomic mass is 9.82. The van der Waals surface area contributed by atoms with E-state index < -0.39 is 17.6 Å². The maximum Gasteiger partial charge on any atom is 0.419 e. The van der Waals surface area contributed by atoms with Crippen LogP contribution in [-0.4, -0.2) is 0 Å². The Balaban J connectivity index is 2.83. The molecule has 1 aromatic carbocycles. The van der Waals surface area contributed by atoms with Crippen molar-refractivity contribution >= 4 is 5.57 Å². The Morgan fingerprint density at radius 3 is 2.32 bits per heavy atom. The van der Waals surface area contributed by atoms with Gasteiger partial charge in [0.2, 0.25) is 0 Å². The summed E-state index contributed by atoms with van der Waals surface area (Å²) in [4.78, 5) is 0. The lowest BCUT2D eigenvalue weighted by Crippen LogP contribution is -2.11. The van der Waals surface area contributed by atoms with Crippen molar-refractivity contribution < 1.29 is 17.6 Å². The molecule has 0 amide bonds. The van der Waals surface area contributed by atoms with Crippen LogP contribution in [0.5, 0.6) is 0 Å². The lowest BCUT2D eigenvalue weighted by Gasteiger charge is -2.22. The Morgan fingerprint density at radius 1 is 1.16 bits per heavy atom. The largest absolute Gasteiger partial charge is 0.419 e. The molecule has 0 bridgehead atoms. The smallest absolute Gasteiger partial charge is 0.206 e. The number of rotatable bonds is 3. The molecular weight excluding hydrogens is 328 g/mol. The average molecular weight is 348 g/mol. The van der Waals surface area contributed by atoms with Crippen LogP contribution in [0.25, 0.3) is 5.57 Å². The SMILES string of the molecule is C=C1CC=CC=C1/C(=C(/C)C(=C)C)c1cc(C(F)(F)F)c(F)cc1C. The Morgan fingerprint density at radius 2 is 1.80 bits per heavy atom. The highest BCUT2D eigenvalue weighted by atomic mass is 19.4. The molecule has 0 atom stereocenters. The first-order valence-corrected chi connectivity index (χ1v) is 7.83. The van der Waals surface area contributed by atoms with E-state index in [9.17, 15) is 17.6 Å². The maximum atomic E-state index is 13.9. The molecule has 0 unspecified atom stereocenters. The van der Waals surface area contributed by atoms with Crippen LogP contribution in [0.4, 0.5) is 17.6 Å². The van der Waals surface area contributed by atoms with Gasteiger partial charge in [0, 0.05) is 0 Å². The highest BCUT2D eigenvalue weighted by Gasteiger charge is 2.35. The normalized spacial score (nSPS) is 15.8. The van der Waals surface area contributed by atoms with Crippen LogP contribution in [0.3, 0.4) is 0 Å². The van der Waals surface area contributed by atoms with E-state index >= 15 is 0 Å². The molecule has 0 fully saturated rings. The minimum absolute atomic E-state index is 0.344. The summed E-state index contributed by atoms with van der Waals surface area (Å²) in [5, 5.41) is 0. The van der Waals surface area contributed by atoms with E-state index in [1.807, 2.05) is 18.2 Å². The van der Waals surface area contributed by atoms with Gasteiger partial charge in [0.05, 0.1) is 5.56 Å². The number of hydrogen-bond acceptors (Lipinski definition) is 0. The van der Waals surface area contributed by atoms with E-state index in [4.69, 9.17) is 0 Å². The fourth-order valence-corrected chi connectivity index (χ4v) is 2.78. The quantitative estimate of drug-likeness (QED) is 0.410. The zero-order valence-corrected chi connectivity index (χ0v) is 14.5. The van der Waals surface area contributed by atoms with Gasteiger partial charge in [0.15, 0.2) is 0 Å². The van der Waals surface area contributed by atoms with Crippen LogP contribution >= 0.6 is 0 Å². The van der Waals surface area contributed by atoms with Gasteiger partial charge in [-0.2, -0.15) is 13.2 Å². The summed E-state index contributed by atoms with van der Waals surface area (Å²) in [7, 11) is 0. The third-order valence-corrected chi connectivity index (χ3v) is 4.32. The number of hydrogen-bond donors (Lipinski definition) is 0. The van der Waals surface area contributed by atoms with Crippen molar-refractivity contribution in [1.82, 2.24) is 0 Å². The fraction of sp³-hybridized carbons (Fsp3) is 0.238. The van der Waals surface area contributed by atoms with Crippen LogP contribution in [0.2, 0.25) is 0 Å². The third kappa shape index (κ3) is 3.84. The first-order valence-electron chi connectivity index (χ1n) is 7.83. The molecule has 132 valence electrons. The van der Waals surface area contributed by atoms with Crippen LogP contribution in [0.15, 0.2) is 65.8 Å². The van der Waals surface area contributed by atoms with Gasteiger partial charge >= 0.3 is 6.18 Å². The zero-order valence-electron chi connectivity index (χ0n) is 14.5. The molecule has 0 saturated carbocycles. The molecule has 0 spiro atoms. The summed E-state index contributed by atoms with van der Waals surface area (Å²) < 4.78 is 53.4. The first kappa shape index (κ1) is 19.0. The lowest BCUT2D eigenvalue weighted by molar-refractivity contribution is -0.140. The van der Waals surface area contributed by atoms with Gasteiger partial charge in [0.1, 0.15) is 5.82 Å². The molecule has 0 aromatic heterocycles. The van der Waals surface area contributed by atoms with Gasteiger partial charge in [-0.05, 0) is 72.7 Å². The Kier molecular flexibility index (Phi) is 5.21. The fourth-order valence-electron chi connectivity index (χ4n) is 2.78. The van der Waals surface area contributed by atoms with E-state index in [1.165, 1.54) is 0 Å². The molecule has 0 radical (unpaired) electrons. The van der Waals surface area contributed by atoms with E-state index in [0.29, 0.717) is 23.1 Å². The molecule has 25 heavy (non-hydrogen) atoms. The van der Waals surface area contributed by atoms with Crippen molar-refractivity contribution in [2.24, 2.45) is 0 Å². The highest BCUT2D eigenvalue weighted by molar-refractivity contribution is 5.89. The second-order valence-corrected chi connectivity index (χ2v) is 6.24. The summed E-state index contributed by atoms with van der Waals surface area (Å²) in [6, 6.07) is 1.82. The van der Waals surface area contributed by atoms with Gasteiger partial charge in [0.25, 0.3) is 0 Å². The van der Waals surface area contributed by atoms with Gasteiger partial charge in [-0.1, -0.05) is 37.0 Å². The number of halogens is 4. The zero-order chi connectivity index (χ0) is 18.9. The van der Waals surface area contributed by atoms with Gasteiger partial charge in [-0.25, -0.2) is 4.39 Å². The van der Waals surface area contributed by atoms with Crippen molar-refractivity contribution in [3.63, 3.8) is 0 Å². The topological polar surface area (TPSA) is 0 Å². The Labute approximate surface area is 145 Å². The molecule has 1 aliphatic rings. The van der Waals surface area contributed by atoms with Crippen LogP contribution in [-0.2, 0) is 6.18 Å². The average Bonchev–Trinajstić information content (AvgIpc) is 2.49. The van der Waals surface area contributed by atoms with Gasteiger partial charge in [-0.15, -0.1) is 0 Å². The predicted molar refractivity (Wildman–Crippen MR) is 94.5 cm³/mol. The molecular formula is C21H20F4. The molecule has 2 rings (SSSR count). The van der Waals surface area contributed by atoms with E-state index in [1.54, 1.807) is 20.8 Å². The minimum Gasteiger partial charge on any atom is -0.206 e. The standard InChI is InChI=1S/C21H20F4/c1-12(2)15(5)20(16-9-7-6-8-13(16)3)17-11-18(21(23,24)25)19(22)10-14(17)4/h6-7,9-11H,1,3,8H2,2,4-5H3/b20-15+. The summed E-state index contributed by atoms with van der Waals surface area (Å²) >= 11 is 0. The van der Waals surface area contributed by atoms with Crippen molar-refractivity contribution in [2.45, 2.75) is 33.4 Å². The minimum atomic E-state index is -4.76. The number of aryl methyl sites for hydroxylation is 1. The van der Waals surface area contributed by atoms with Gasteiger partial charge < -0.3 is 0 Å². The second kappa shape index (κ2) is 6.87. The first-order chi connectivity index (χ1) is 11.5. The summed E-state index contributed by atoms with van der Waals surface area (Å²) in [5.41, 5.74) is 3.17. The molecule has 0 heterocycles. The summed E-state index contributed by atoms with van der Waals surface area (Å²) in [5.74, 6) is -1.27. The molecule has 4 heteroatoms. The Bertz CT molecular complexity index is 830. The highest BCUT2D eigenvalue weighted by Crippen LogP contribution is 2.40. The molecule has 0 nitrogen and oxygen atoms in total. The summed E-state index contributed by atoms with van der Waals surface area (Å²) in [6.45, 7) is 13.1. The summed E-state index contributed by atoms with van der Waals surface area (Å²) in [6.07, 6.45) is 1.46. The van der Waals surface area contributed by atoms with Gasteiger partial charge in [-0.3, -0.25) is 0 Å². The van der Waals surface area contributed by atoms with E-state index in [0.717, 1.165) is 34.4 Å². The predicted octanol–water partition coefficient (Wildman–Crippen LogP) is 6.95. The number of alkyl halides is 3. The van der Waals surface area contributed by atoms with Crippen LogP contribution in [0, 0.1) is 12.7 Å². The van der Waals surface area contributed by atoms with Crippen molar-refractivity contribution in [2.75, 3.05) is 0 Å². The van der Waals surface area contributed by atoms with Crippen LogP contribution < -0.4 is 0 Å². The van der Waals surface area contributed by atoms with E-state index in [2.05, 4.69) is 13.2 Å². The van der Waals surface area contributed by atoms with E-state index in [-0.39, 0.29) is 0 Å². The molecule has 0 N–H and O–H groups in total. The molecule has 1 aromatic rings. The van der Waals surface area contributed by atoms with Crippen molar-refractivity contribution in [1.29, 1.82) is 0 Å². The number of allylic oxidation sites excluding steroid dienone is 8.